The first-order valence-corrected chi connectivity index (χ1v) is 7.52. The zero-order chi connectivity index (χ0) is 15.5. The predicted molar refractivity (Wildman–Crippen MR) is 89.2 cm³/mol. The van der Waals surface area contributed by atoms with E-state index in [0.29, 0.717) is 17.1 Å². The first-order valence-electron chi connectivity index (χ1n) is 7.52. The number of rotatable bonds is 3. The van der Waals surface area contributed by atoms with E-state index >= 15 is 0 Å². The van der Waals surface area contributed by atoms with E-state index in [4.69, 9.17) is 5.73 Å². The monoisotopic (exact) mass is 296 g/mol. The van der Waals surface area contributed by atoms with Gasteiger partial charge in [0.25, 0.3) is 5.91 Å². The molecule has 0 spiro atoms. The van der Waals surface area contributed by atoms with Gasteiger partial charge < -0.3 is 16.0 Å². The molecule has 1 aromatic heterocycles. The number of amides is 1. The molecule has 22 heavy (non-hydrogen) atoms. The van der Waals surface area contributed by atoms with Crippen LogP contribution in [0, 0.1) is 6.92 Å². The average Bonchev–Trinajstić information content (AvgIpc) is 3.03. The lowest BCUT2D eigenvalue weighted by atomic mass is 10.1. The zero-order valence-electron chi connectivity index (χ0n) is 12.7. The van der Waals surface area contributed by atoms with Crippen molar-refractivity contribution < 1.29 is 4.79 Å². The second-order valence-corrected chi connectivity index (χ2v) is 5.64. The van der Waals surface area contributed by atoms with Gasteiger partial charge in [-0.1, -0.05) is 11.6 Å². The number of carbonyl (C=O) groups excluding carboxylic acids is 1. The van der Waals surface area contributed by atoms with Crippen molar-refractivity contribution in [2.45, 2.75) is 19.8 Å². The molecule has 114 valence electrons. The summed E-state index contributed by atoms with van der Waals surface area (Å²) in [6.45, 7) is 4.01. The highest BCUT2D eigenvalue weighted by atomic mass is 16.1. The summed E-state index contributed by atoms with van der Waals surface area (Å²) in [5.74, 6) is 0.323. The Balaban J connectivity index is 1.87. The fraction of sp³-hybridized carbons (Fsp3) is 0.294. The number of nitrogens with one attached hydrogen (secondary N) is 1. The van der Waals surface area contributed by atoms with Crippen molar-refractivity contribution >= 4 is 23.1 Å². The van der Waals surface area contributed by atoms with Crippen molar-refractivity contribution in [2.75, 3.05) is 29.0 Å². The van der Waals surface area contributed by atoms with E-state index < -0.39 is 0 Å². The zero-order valence-corrected chi connectivity index (χ0v) is 12.7. The van der Waals surface area contributed by atoms with Crippen LogP contribution in [-0.4, -0.2) is 24.0 Å². The molecule has 3 rings (SSSR count). The van der Waals surface area contributed by atoms with Gasteiger partial charge in [0.1, 0.15) is 5.82 Å². The number of hydrogen-bond donors (Lipinski definition) is 2. The number of aromatic nitrogens is 1. The molecule has 5 heteroatoms. The highest BCUT2D eigenvalue weighted by Crippen LogP contribution is 2.26. The Labute approximate surface area is 130 Å². The fourth-order valence-electron chi connectivity index (χ4n) is 2.74. The van der Waals surface area contributed by atoms with Crippen molar-refractivity contribution in [1.29, 1.82) is 0 Å². The lowest BCUT2D eigenvalue weighted by Crippen LogP contribution is -2.23. The van der Waals surface area contributed by atoms with Gasteiger partial charge in [-0.25, -0.2) is 4.98 Å². The number of carbonyl (C=O) groups is 1. The molecule has 3 N–H and O–H groups in total. The van der Waals surface area contributed by atoms with Gasteiger partial charge in [0.2, 0.25) is 0 Å². The number of benzene rings is 1. The Kier molecular flexibility index (Phi) is 3.96. The molecule has 0 aliphatic carbocycles. The maximum absolute atomic E-state index is 12.6. The van der Waals surface area contributed by atoms with Gasteiger partial charge in [-0.3, -0.25) is 4.79 Å². The second kappa shape index (κ2) is 6.05. The minimum absolute atomic E-state index is 0.114. The number of pyridine rings is 1. The van der Waals surface area contributed by atoms with Crippen LogP contribution in [0.25, 0.3) is 0 Å². The van der Waals surface area contributed by atoms with E-state index in [1.54, 1.807) is 18.3 Å². The molecular formula is C17H20N4O. The summed E-state index contributed by atoms with van der Waals surface area (Å²) in [5.41, 5.74) is 8.99. The molecule has 1 aliphatic rings. The van der Waals surface area contributed by atoms with Gasteiger partial charge in [0.05, 0.1) is 17.4 Å². The fourth-order valence-corrected chi connectivity index (χ4v) is 2.74. The first-order chi connectivity index (χ1) is 10.6. The molecule has 1 amide bonds. The molecule has 2 aromatic rings. The molecule has 1 aliphatic heterocycles. The van der Waals surface area contributed by atoms with Crippen LogP contribution >= 0.6 is 0 Å². The topological polar surface area (TPSA) is 71.2 Å². The molecule has 0 bridgehead atoms. The number of aryl methyl sites for hydroxylation is 1. The third-order valence-corrected chi connectivity index (χ3v) is 3.89. The highest BCUT2D eigenvalue weighted by Gasteiger charge is 2.19. The maximum Gasteiger partial charge on any atom is 0.257 e. The summed E-state index contributed by atoms with van der Waals surface area (Å²) in [7, 11) is 0. The summed E-state index contributed by atoms with van der Waals surface area (Å²) < 4.78 is 0. The standard InChI is InChI=1S/C17H20N4O/c1-12-4-6-15(21-8-2-3-9-21)14(10-12)17(22)20-13-5-7-16(18)19-11-13/h4-7,10-11H,2-3,8-9H2,1H3,(H2,18,19)(H,20,22). The lowest BCUT2D eigenvalue weighted by molar-refractivity contribution is 0.102. The smallest absolute Gasteiger partial charge is 0.257 e. The molecule has 1 fully saturated rings. The van der Waals surface area contributed by atoms with Crippen LogP contribution < -0.4 is 16.0 Å². The third-order valence-electron chi connectivity index (χ3n) is 3.89. The molecule has 5 nitrogen and oxygen atoms in total. The lowest BCUT2D eigenvalue weighted by Gasteiger charge is -2.21. The van der Waals surface area contributed by atoms with Gasteiger partial charge in [0.15, 0.2) is 0 Å². The highest BCUT2D eigenvalue weighted by molar-refractivity contribution is 6.08. The van der Waals surface area contributed by atoms with Crippen molar-refractivity contribution in [2.24, 2.45) is 0 Å². The summed E-state index contributed by atoms with van der Waals surface area (Å²) in [6.07, 6.45) is 3.92. The number of nitrogens with two attached hydrogens (primary N) is 1. The number of anilines is 3. The van der Waals surface area contributed by atoms with Gasteiger partial charge in [-0.05, 0) is 44.0 Å². The van der Waals surface area contributed by atoms with Gasteiger partial charge in [-0.2, -0.15) is 0 Å². The predicted octanol–water partition coefficient (Wildman–Crippen LogP) is 2.82. The molecular weight excluding hydrogens is 276 g/mol. The van der Waals surface area contributed by atoms with Crippen LogP contribution in [0.15, 0.2) is 36.5 Å². The van der Waals surface area contributed by atoms with Gasteiger partial charge in [0, 0.05) is 18.8 Å². The summed E-state index contributed by atoms with van der Waals surface area (Å²) in [6, 6.07) is 9.46. The Morgan fingerprint density at radius 2 is 2.00 bits per heavy atom. The minimum atomic E-state index is -0.114. The van der Waals surface area contributed by atoms with Crippen molar-refractivity contribution in [3.63, 3.8) is 0 Å². The third kappa shape index (κ3) is 3.03. The molecule has 2 heterocycles. The van der Waals surface area contributed by atoms with Crippen LogP contribution in [-0.2, 0) is 0 Å². The van der Waals surface area contributed by atoms with Gasteiger partial charge >= 0.3 is 0 Å². The van der Waals surface area contributed by atoms with E-state index in [0.717, 1.165) is 24.3 Å². The summed E-state index contributed by atoms with van der Waals surface area (Å²) in [5, 5.41) is 2.89. The number of nitrogen functional groups attached to an aromatic ring is 1. The van der Waals surface area contributed by atoms with Gasteiger partial charge in [-0.15, -0.1) is 0 Å². The summed E-state index contributed by atoms with van der Waals surface area (Å²) >= 11 is 0. The van der Waals surface area contributed by atoms with E-state index in [9.17, 15) is 4.79 Å². The maximum atomic E-state index is 12.6. The second-order valence-electron chi connectivity index (χ2n) is 5.64. The first kappa shape index (κ1) is 14.4. The Hall–Kier alpha value is -2.56. The minimum Gasteiger partial charge on any atom is -0.384 e. The van der Waals surface area contributed by atoms with Crippen LogP contribution in [0.4, 0.5) is 17.2 Å². The van der Waals surface area contributed by atoms with Crippen LogP contribution in [0.5, 0.6) is 0 Å². The van der Waals surface area contributed by atoms with E-state index in [1.165, 1.54) is 12.8 Å². The molecule has 1 aromatic carbocycles. The number of nitrogens with zero attached hydrogens (tertiary/aromatic N) is 2. The van der Waals surface area contributed by atoms with Crippen molar-refractivity contribution in [3.8, 4) is 0 Å². The summed E-state index contributed by atoms with van der Waals surface area (Å²) in [4.78, 5) is 18.9. The largest absolute Gasteiger partial charge is 0.384 e. The van der Waals surface area contributed by atoms with Crippen molar-refractivity contribution in [1.82, 2.24) is 4.98 Å². The SMILES string of the molecule is Cc1ccc(N2CCCC2)c(C(=O)Nc2ccc(N)nc2)c1. The molecule has 0 saturated carbocycles. The van der Waals surface area contributed by atoms with Crippen LogP contribution in [0.1, 0.15) is 28.8 Å². The Morgan fingerprint density at radius 1 is 1.23 bits per heavy atom. The Morgan fingerprint density at radius 3 is 2.68 bits per heavy atom. The average molecular weight is 296 g/mol. The normalized spacial score (nSPS) is 14.1. The number of hydrogen-bond acceptors (Lipinski definition) is 4. The molecule has 0 unspecified atom stereocenters. The quantitative estimate of drug-likeness (QED) is 0.913. The van der Waals surface area contributed by atoms with E-state index in [-0.39, 0.29) is 5.91 Å². The molecule has 0 radical (unpaired) electrons. The van der Waals surface area contributed by atoms with Crippen LogP contribution in [0.3, 0.4) is 0 Å². The Bertz CT molecular complexity index is 676. The van der Waals surface area contributed by atoms with E-state index in [1.807, 2.05) is 19.1 Å². The van der Waals surface area contributed by atoms with Crippen molar-refractivity contribution in [3.05, 3.63) is 47.7 Å². The van der Waals surface area contributed by atoms with Crippen LogP contribution in [0.2, 0.25) is 0 Å². The van der Waals surface area contributed by atoms with E-state index in [2.05, 4.69) is 21.3 Å². The molecule has 0 atom stereocenters. The molecule has 1 saturated heterocycles.